The molecular formula is C14H17N3O. The van der Waals surface area contributed by atoms with Gasteiger partial charge in [0.25, 0.3) is 0 Å². The number of hydrogen-bond acceptors (Lipinski definition) is 3. The molecule has 4 nitrogen and oxygen atoms in total. The Kier molecular flexibility index (Phi) is 3.37. The maximum Gasteiger partial charge on any atom is 0.179 e. The fourth-order valence-corrected chi connectivity index (χ4v) is 2.25. The van der Waals surface area contributed by atoms with Crippen molar-refractivity contribution in [2.24, 2.45) is 0 Å². The van der Waals surface area contributed by atoms with Gasteiger partial charge in [-0.25, -0.2) is 4.98 Å². The SMILES string of the molecule is c1ccc(CCc2nc([C@@H]3CCCO3)n[nH]2)cc1. The van der Waals surface area contributed by atoms with Crippen molar-refractivity contribution in [3.05, 3.63) is 47.5 Å². The largest absolute Gasteiger partial charge is 0.370 e. The first-order valence-electron chi connectivity index (χ1n) is 6.48. The van der Waals surface area contributed by atoms with E-state index in [2.05, 4.69) is 39.4 Å². The number of aromatic amines is 1. The molecule has 3 rings (SSSR count). The van der Waals surface area contributed by atoms with E-state index in [4.69, 9.17) is 4.74 Å². The predicted molar refractivity (Wildman–Crippen MR) is 68.2 cm³/mol. The molecule has 0 radical (unpaired) electrons. The van der Waals surface area contributed by atoms with Crippen molar-refractivity contribution in [1.82, 2.24) is 15.2 Å². The van der Waals surface area contributed by atoms with Gasteiger partial charge in [-0.05, 0) is 24.8 Å². The first kappa shape index (κ1) is 11.4. The maximum atomic E-state index is 5.57. The zero-order chi connectivity index (χ0) is 12.2. The highest BCUT2D eigenvalue weighted by molar-refractivity contribution is 5.15. The lowest BCUT2D eigenvalue weighted by atomic mass is 10.1. The van der Waals surface area contributed by atoms with Gasteiger partial charge in [-0.2, -0.15) is 5.10 Å². The van der Waals surface area contributed by atoms with Gasteiger partial charge in [0.05, 0.1) is 0 Å². The molecule has 94 valence electrons. The fourth-order valence-electron chi connectivity index (χ4n) is 2.25. The van der Waals surface area contributed by atoms with Crippen LogP contribution in [0.25, 0.3) is 0 Å². The molecule has 0 bridgehead atoms. The third kappa shape index (κ3) is 2.59. The Bertz CT molecular complexity index is 489. The van der Waals surface area contributed by atoms with Crippen molar-refractivity contribution in [3.63, 3.8) is 0 Å². The second kappa shape index (κ2) is 5.31. The Morgan fingerprint density at radius 3 is 2.89 bits per heavy atom. The lowest BCUT2D eigenvalue weighted by molar-refractivity contribution is 0.105. The molecule has 18 heavy (non-hydrogen) atoms. The van der Waals surface area contributed by atoms with Crippen molar-refractivity contribution in [1.29, 1.82) is 0 Å². The first-order chi connectivity index (χ1) is 8.92. The summed E-state index contributed by atoms with van der Waals surface area (Å²) in [5.41, 5.74) is 1.33. The van der Waals surface area contributed by atoms with Gasteiger partial charge >= 0.3 is 0 Å². The van der Waals surface area contributed by atoms with Gasteiger partial charge in [0.15, 0.2) is 5.82 Å². The van der Waals surface area contributed by atoms with E-state index >= 15 is 0 Å². The van der Waals surface area contributed by atoms with Gasteiger partial charge in [-0.1, -0.05) is 30.3 Å². The summed E-state index contributed by atoms with van der Waals surface area (Å²) < 4.78 is 5.57. The lowest BCUT2D eigenvalue weighted by Crippen LogP contribution is -1.98. The molecule has 4 heteroatoms. The molecule has 1 fully saturated rings. The van der Waals surface area contributed by atoms with E-state index in [1.807, 2.05) is 6.07 Å². The number of nitrogens with zero attached hydrogens (tertiary/aromatic N) is 2. The first-order valence-corrected chi connectivity index (χ1v) is 6.48. The van der Waals surface area contributed by atoms with Crippen LogP contribution >= 0.6 is 0 Å². The fraction of sp³-hybridized carbons (Fsp3) is 0.429. The highest BCUT2D eigenvalue weighted by Crippen LogP contribution is 2.25. The lowest BCUT2D eigenvalue weighted by Gasteiger charge is -2.02. The number of H-pyrrole nitrogens is 1. The normalized spacial score (nSPS) is 19.2. The molecule has 1 aromatic carbocycles. The van der Waals surface area contributed by atoms with Gasteiger partial charge < -0.3 is 4.74 Å². The highest BCUT2D eigenvalue weighted by Gasteiger charge is 2.21. The van der Waals surface area contributed by atoms with Gasteiger partial charge in [0.2, 0.25) is 0 Å². The summed E-state index contributed by atoms with van der Waals surface area (Å²) in [4.78, 5) is 4.52. The molecule has 1 saturated heterocycles. The predicted octanol–water partition coefficient (Wildman–Crippen LogP) is 2.44. The zero-order valence-electron chi connectivity index (χ0n) is 10.3. The Morgan fingerprint density at radius 2 is 2.11 bits per heavy atom. The topological polar surface area (TPSA) is 50.8 Å². The minimum absolute atomic E-state index is 0.103. The molecule has 0 spiro atoms. The van der Waals surface area contributed by atoms with Crippen LogP contribution in [0.5, 0.6) is 0 Å². The van der Waals surface area contributed by atoms with E-state index in [0.29, 0.717) is 0 Å². The number of aromatic nitrogens is 3. The van der Waals surface area contributed by atoms with Crippen LogP contribution in [0.2, 0.25) is 0 Å². The van der Waals surface area contributed by atoms with Gasteiger partial charge in [0.1, 0.15) is 11.9 Å². The second-order valence-electron chi connectivity index (χ2n) is 4.63. The van der Waals surface area contributed by atoms with Crippen molar-refractivity contribution in [2.75, 3.05) is 6.61 Å². The number of ether oxygens (including phenoxy) is 1. The second-order valence-corrected chi connectivity index (χ2v) is 4.63. The zero-order valence-corrected chi connectivity index (χ0v) is 10.3. The monoisotopic (exact) mass is 243 g/mol. The minimum atomic E-state index is 0.103. The number of hydrogen-bond donors (Lipinski definition) is 1. The maximum absolute atomic E-state index is 5.57. The number of benzene rings is 1. The van der Waals surface area contributed by atoms with Crippen LogP contribution in [0.3, 0.4) is 0 Å². The summed E-state index contributed by atoms with van der Waals surface area (Å²) in [6.45, 7) is 0.832. The molecule has 0 amide bonds. The molecule has 1 aliphatic rings. The van der Waals surface area contributed by atoms with Crippen molar-refractivity contribution >= 4 is 0 Å². The van der Waals surface area contributed by atoms with Crippen LogP contribution in [-0.4, -0.2) is 21.8 Å². The van der Waals surface area contributed by atoms with Crippen molar-refractivity contribution in [3.8, 4) is 0 Å². The summed E-state index contributed by atoms with van der Waals surface area (Å²) in [7, 11) is 0. The number of nitrogens with one attached hydrogen (secondary N) is 1. The van der Waals surface area contributed by atoms with Gasteiger partial charge in [-0.15, -0.1) is 0 Å². The molecule has 2 heterocycles. The summed E-state index contributed by atoms with van der Waals surface area (Å²) in [6.07, 6.45) is 4.13. The van der Waals surface area contributed by atoms with Crippen LogP contribution in [0, 0.1) is 0 Å². The van der Waals surface area contributed by atoms with Crippen molar-refractivity contribution in [2.45, 2.75) is 31.8 Å². The van der Waals surface area contributed by atoms with E-state index < -0.39 is 0 Å². The molecule has 1 atom stereocenters. The summed E-state index contributed by atoms with van der Waals surface area (Å²) in [5, 5.41) is 7.26. The van der Waals surface area contributed by atoms with Gasteiger partial charge in [0, 0.05) is 13.0 Å². The quantitative estimate of drug-likeness (QED) is 0.897. The standard InChI is InChI=1S/C14H17N3O/c1-2-5-11(6-3-1)8-9-13-15-14(17-16-13)12-7-4-10-18-12/h1-3,5-6,12H,4,7-10H2,(H,15,16,17)/t12-/m0/s1. The number of rotatable bonds is 4. The molecule has 2 aromatic rings. The molecule has 0 unspecified atom stereocenters. The van der Waals surface area contributed by atoms with E-state index in [-0.39, 0.29) is 6.10 Å². The Balaban J connectivity index is 1.60. The van der Waals surface area contributed by atoms with Crippen molar-refractivity contribution < 1.29 is 4.74 Å². The van der Waals surface area contributed by atoms with Crippen LogP contribution in [-0.2, 0) is 17.6 Å². The van der Waals surface area contributed by atoms with Crippen LogP contribution in [0.4, 0.5) is 0 Å². The minimum Gasteiger partial charge on any atom is -0.370 e. The van der Waals surface area contributed by atoms with Gasteiger partial charge in [-0.3, -0.25) is 5.10 Å². The Morgan fingerprint density at radius 1 is 1.22 bits per heavy atom. The van der Waals surface area contributed by atoms with E-state index in [0.717, 1.165) is 43.9 Å². The molecule has 1 N–H and O–H groups in total. The summed E-state index contributed by atoms with van der Waals surface area (Å²) >= 11 is 0. The third-order valence-corrected chi connectivity index (χ3v) is 3.26. The molecule has 0 aliphatic carbocycles. The number of aryl methyl sites for hydroxylation is 2. The van der Waals surface area contributed by atoms with Crippen LogP contribution in [0.1, 0.15) is 36.2 Å². The van der Waals surface area contributed by atoms with Crippen LogP contribution in [0.15, 0.2) is 30.3 Å². The molecule has 1 aromatic heterocycles. The Hall–Kier alpha value is -1.68. The average Bonchev–Trinajstić information content (AvgIpc) is 3.08. The summed E-state index contributed by atoms with van der Waals surface area (Å²) in [6, 6.07) is 10.4. The van der Waals surface area contributed by atoms with E-state index in [1.165, 1.54) is 5.56 Å². The average molecular weight is 243 g/mol. The van der Waals surface area contributed by atoms with E-state index in [1.54, 1.807) is 0 Å². The van der Waals surface area contributed by atoms with Crippen LogP contribution < -0.4 is 0 Å². The summed E-state index contributed by atoms with van der Waals surface area (Å²) in [5.74, 6) is 1.76. The molecule has 0 saturated carbocycles. The molecular weight excluding hydrogens is 226 g/mol. The highest BCUT2D eigenvalue weighted by atomic mass is 16.5. The smallest absolute Gasteiger partial charge is 0.179 e. The Labute approximate surface area is 106 Å². The van der Waals surface area contributed by atoms with E-state index in [9.17, 15) is 0 Å². The third-order valence-electron chi connectivity index (χ3n) is 3.26. The molecule has 1 aliphatic heterocycles.